The number of carboxylic acids is 1. The lowest BCUT2D eigenvalue weighted by molar-refractivity contribution is -0.148. The Bertz CT molecular complexity index is 406. The third-order valence-corrected chi connectivity index (χ3v) is 4.94. The average Bonchev–Trinajstić information content (AvgIpc) is 3.16. The van der Waals surface area contributed by atoms with Crippen molar-refractivity contribution >= 4 is 12.0 Å². The molecule has 5 heteroatoms. The molecule has 1 aliphatic heterocycles. The second-order valence-electron chi connectivity index (χ2n) is 7.00. The standard InChI is InChI=1S/C16H28N2O3/c1-4-16(14(19)20)8-10-17(11-16)15(21)18(13-5-6-13)9-7-12(2)3/h12-13H,4-11H2,1-3H3,(H,19,20). The maximum absolute atomic E-state index is 12.7. The number of carboxylic acid groups (broad SMARTS) is 1. The monoisotopic (exact) mass is 296 g/mol. The van der Waals surface area contributed by atoms with Gasteiger partial charge < -0.3 is 14.9 Å². The summed E-state index contributed by atoms with van der Waals surface area (Å²) in [4.78, 5) is 28.0. The van der Waals surface area contributed by atoms with Gasteiger partial charge in [-0.1, -0.05) is 20.8 Å². The Balaban J connectivity index is 2.00. The number of hydrogen-bond donors (Lipinski definition) is 1. The molecule has 2 amide bonds. The van der Waals surface area contributed by atoms with Gasteiger partial charge in [-0.3, -0.25) is 4.79 Å². The van der Waals surface area contributed by atoms with Crippen LogP contribution < -0.4 is 0 Å². The van der Waals surface area contributed by atoms with Crippen LogP contribution in [-0.2, 0) is 4.79 Å². The molecule has 2 fully saturated rings. The van der Waals surface area contributed by atoms with E-state index in [2.05, 4.69) is 13.8 Å². The van der Waals surface area contributed by atoms with E-state index in [0.29, 0.717) is 37.9 Å². The Morgan fingerprint density at radius 1 is 1.38 bits per heavy atom. The average molecular weight is 296 g/mol. The molecular formula is C16H28N2O3. The van der Waals surface area contributed by atoms with Crippen molar-refractivity contribution in [1.29, 1.82) is 0 Å². The van der Waals surface area contributed by atoms with Crippen molar-refractivity contribution in [3.8, 4) is 0 Å². The van der Waals surface area contributed by atoms with E-state index in [1.807, 2.05) is 11.8 Å². The van der Waals surface area contributed by atoms with E-state index >= 15 is 0 Å². The molecule has 5 nitrogen and oxygen atoms in total. The lowest BCUT2D eigenvalue weighted by Gasteiger charge is -2.30. The van der Waals surface area contributed by atoms with Crippen molar-refractivity contribution < 1.29 is 14.7 Å². The highest BCUT2D eigenvalue weighted by molar-refractivity contribution is 5.80. The van der Waals surface area contributed by atoms with Crippen molar-refractivity contribution in [2.45, 2.75) is 58.9 Å². The second kappa shape index (κ2) is 6.24. The van der Waals surface area contributed by atoms with Crippen LogP contribution in [0.1, 0.15) is 52.9 Å². The fourth-order valence-corrected chi connectivity index (χ4v) is 3.05. The lowest BCUT2D eigenvalue weighted by Crippen LogP contribution is -2.45. The van der Waals surface area contributed by atoms with Crippen molar-refractivity contribution in [3.63, 3.8) is 0 Å². The van der Waals surface area contributed by atoms with Gasteiger partial charge in [-0.25, -0.2) is 4.79 Å². The molecule has 1 aliphatic carbocycles. The summed E-state index contributed by atoms with van der Waals surface area (Å²) >= 11 is 0. The highest BCUT2D eigenvalue weighted by Gasteiger charge is 2.46. The van der Waals surface area contributed by atoms with E-state index in [1.54, 1.807) is 4.90 Å². The predicted molar refractivity (Wildman–Crippen MR) is 81.1 cm³/mol. The molecule has 0 bridgehead atoms. The van der Waals surface area contributed by atoms with E-state index in [0.717, 1.165) is 25.8 Å². The van der Waals surface area contributed by atoms with Gasteiger partial charge in [0, 0.05) is 25.7 Å². The number of aliphatic carboxylic acids is 1. The molecule has 2 aliphatic rings. The van der Waals surface area contributed by atoms with Gasteiger partial charge in [-0.2, -0.15) is 0 Å². The molecule has 0 aromatic heterocycles. The molecule has 1 saturated carbocycles. The number of hydrogen-bond acceptors (Lipinski definition) is 2. The molecule has 1 unspecified atom stereocenters. The van der Waals surface area contributed by atoms with Crippen molar-refractivity contribution in [1.82, 2.24) is 9.80 Å². The van der Waals surface area contributed by atoms with Gasteiger partial charge in [0.2, 0.25) is 0 Å². The molecule has 0 radical (unpaired) electrons. The van der Waals surface area contributed by atoms with E-state index in [-0.39, 0.29) is 6.03 Å². The van der Waals surface area contributed by atoms with E-state index in [1.165, 1.54) is 0 Å². The van der Waals surface area contributed by atoms with Crippen molar-refractivity contribution in [3.05, 3.63) is 0 Å². The number of amides is 2. The molecule has 2 rings (SSSR count). The van der Waals surface area contributed by atoms with Gasteiger partial charge in [0.25, 0.3) is 0 Å². The highest BCUT2D eigenvalue weighted by Crippen LogP contribution is 2.36. The first-order chi connectivity index (χ1) is 9.89. The summed E-state index contributed by atoms with van der Waals surface area (Å²) in [7, 11) is 0. The molecule has 1 heterocycles. The first-order valence-corrected chi connectivity index (χ1v) is 8.18. The highest BCUT2D eigenvalue weighted by atomic mass is 16.4. The van der Waals surface area contributed by atoms with E-state index in [9.17, 15) is 14.7 Å². The summed E-state index contributed by atoms with van der Waals surface area (Å²) < 4.78 is 0. The van der Waals surface area contributed by atoms with Crippen LogP contribution >= 0.6 is 0 Å². The Morgan fingerprint density at radius 2 is 2.05 bits per heavy atom. The Hall–Kier alpha value is -1.26. The lowest BCUT2D eigenvalue weighted by atomic mass is 9.84. The third kappa shape index (κ3) is 3.50. The summed E-state index contributed by atoms with van der Waals surface area (Å²) in [5.41, 5.74) is -0.733. The quantitative estimate of drug-likeness (QED) is 0.820. The van der Waals surface area contributed by atoms with Crippen molar-refractivity contribution in [2.24, 2.45) is 11.3 Å². The zero-order chi connectivity index (χ0) is 15.6. The molecule has 0 aromatic carbocycles. The molecule has 120 valence electrons. The summed E-state index contributed by atoms with van der Waals surface area (Å²) in [5, 5.41) is 9.45. The fraction of sp³-hybridized carbons (Fsp3) is 0.875. The summed E-state index contributed by atoms with van der Waals surface area (Å²) in [6, 6.07) is 0.437. The minimum absolute atomic E-state index is 0.0507. The Labute approximate surface area is 127 Å². The van der Waals surface area contributed by atoms with Crippen LogP contribution in [0.4, 0.5) is 4.79 Å². The molecule has 1 atom stereocenters. The van der Waals surface area contributed by atoms with Gasteiger partial charge >= 0.3 is 12.0 Å². The zero-order valence-corrected chi connectivity index (χ0v) is 13.5. The largest absolute Gasteiger partial charge is 0.481 e. The number of likely N-dealkylation sites (tertiary alicyclic amines) is 1. The Kier molecular flexibility index (Phi) is 4.79. The minimum atomic E-state index is -0.763. The summed E-state index contributed by atoms with van der Waals surface area (Å²) in [5.74, 6) is -0.188. The first-order valence-electron chi connectivity index (χ1n) is 8.18. The van der Waals surface area contributed by atoms with Crippen LogP contribution in [0.25, 0.3) is 0 Å². The van der Waals surface area contributed by atoms with Crippen LogP contribution in [0.5, 0.6) is 0 Å². The zero-order valence-electron chi connectivity index (χ0n) is 13.5. The number of urea groups is 1. The van der Waals surface area contributed by atoms with Crippen LogP contribution in [0.15, 0.2) is 0 Å². The van der Waals surface area contributed by atoms with Gasteiger partial charge in [0.05, 0.1) is 5.41 Å². The third-order valence-electron chi connectivity index (χ3n) is 4.94. The van der Waals surface area contributed by atoms with Gasteiger partial charge in [-0.05, 0) is 38.0 Å². The molecule has 0 spiro atoms. The van der Waals surface area contributed by atoms with Crippen molar-refractivity contribution in [2.75, 3.05) is 19.6 Å². The number of rotatable bonds is 6. The predicted octanol–water partition coefficient (Wildman–Crippen LogP) is 2.80. The number of carbonyl (C=O) groups is 2. The molecular weight excluding hydrogens is 268 g/mol. The van der Waals surface area contributed by atoms with Crippen LogP contribution in [0.2, 0.25) is 0 Å². The van der Waals surface area contributed by atoms with Gasteiger partial charge in [0.15, 0.2) is 0 Å². The topological polar surface area (TPSA) is 60.9 Å². The Morgan fingerprint density at radius 3 is 2.48 bits per heavy atom. The first kappa shape index (κ1) is 16.1. The molecule has 21 heavy (non-hydrogen) atoms. The second-order valence-corrected chi connectivity index (χ2v) is 7.00. The van der Waals surface area contributed by atoms with E-state index < -0.39 is 11.4 Å². The molecule has 0 aromatic rings. The van der Waals surface area contributed by atoms with Crippen LogP contribution in [0.3, 0.4) is 0 Å². The van der Waals surface area contributed by atoms with Crippen LogP contribution in [-0.4, -0.2) is 52.6 Å². The summed E-state index contributed by atoms with van der Waals surface area (Å²) in [6.45, 7) is 7.96. The van der Waals surface area contributed by atoms with Gasteiger partial charge in [-0.15, -0.1) is 0 Å². The number of nitrogens with zero attached hydrogens (tertiary/aromatic N) is 2. The smallest absolute Gasteiger partial charge is 0.320 e. The van der Waals surface area contributed by atoms with Crippen LogP contribution in [0, 0.1) is 11.3 Å². The fourth-order valence-electron chi connectivity index (χ4n) is 3.05. The normalized spacial score (nSPS) is 25.4. The SMILES string of the molecule is CCC1(C(=O)O)CCN(C(=O)N(CCC(C)C)C2CC2)C1. The maximum atomic E-state index is 12.7. The van der Waals surface area contributed by atoms with E-state index in [4.69, 9.17) is 0 Å². The molecule has 1 saturated heterocycles. The van der Waals surface area contributed by atoms with Gasteiger partial charge in [0.1, 0.15) is 0 Å². The maximum Gasteiger partial charge on any atom is 0.320 e. The minimum Gasteiger partial charge on any atom is -0.481 e. The number of carbonyl (C=O) groups excluding carboxylic acids is 1. The summed E-state index contributed by atoms with van der Waals surface area (Å²) in [6.07, 6.45) is 4.35. The molecule has 1 N–H and O–H groups in total.